The summed E-state index contributed by atoms with van der Waals surface area (Å²) in [7, 11) is 0. The zero-order valence-electron chi connectivity index (χ0n) is 19.7. The average molecular weight is 513 g/mol. The molecule has 3 rings (SSSR count). The molecule has 0 bridgehead atoms. The lowest BCUT2D eigenvalue weighted by molar-refractivity contribution is -0.181. The summed E-state index contributed by atoms with van der Waals surface area (Å²) in [6, 6.07) is 1.48. The third-order valence-electron chi connectivity index (χ3n) is 6.07. The highest BCUT2D eigenvalue weighted by atomic mass is 32.1. The van der Waals surface area contributed by atoms with Gasteiger partial charge in [0, 0.05) is 32.1 Å². The molecule has 35 heavy (non-hydrogen) atoms. The number of nitrogens with one attached hydrogen (secondary N) is 2. The summed E-state index contributed by atoms with van der Waals surface area (Å²) in [6.45, 7) is 5.65. The smallest absolute Gasteiger partial charge is 0.368 e. The Labute approximate surface area is 204 Å². The molecule has 0 aromatic carbocycles. The van der Waals surface area contributed by atoms with Gasteiger partial charge in [0.15, 0.2) is 5.13 Å². The molecule has 190 valence electrons. The highest BCUT2D eigenvalue weighted by Gasteiger charge is 2.49. The average Bonchev–Trinajstić information content (AvgIpc) is 3.35. The quantitative estimate of drug-likeness (QED) is 0.547. The lowest BCUT2D eigenvalue weighted by Gasteiger charge is -2.27. The largest absolute Gasteiger partial charge is 0.399 e. The minimum Gasteiger partial charge on any atom is -0.368 e. The fraction of sp³-hybridized carbons (Fsp3) is 0.500. The van der Waals surface area contributed by atoms with E-state index in [2.05, 4.69) is 20.6 Å². The number of nitrogens with zero attached hydrogens (tertiary/aromatic N) is 3. The molecule has 2 aromatic heterocycles. The standard InChI is InChI=1S/C22H27F3N6O3S/c1-11-17(13-5-7-27-15(9-13)21(3,4)22(23,24)25)35-19(29-11)30-20(34)31-8-6-14(10-28-12(2)32)16(31)18(26)33/h5,7,9,14,16H,6,8,10H2,1-4H3,(H2,26,33)(H,28,32)(H,29,30,34)/t14-,16-/m0/s1. The Hall–Kier alpha value is -3.22. The third kappa shape index (κ3) is 5.55. The number of carbonyl (C=O) groups excluding carboxylic acids is 3. The van der Waals surface area contributed by atoms with E-state index < -0.39 is 29.6 Å². The van der Waals surface area contributed by atoms with Crippen LogP contribution in [0.2, 0.25) is 0 Å². The van der Waals surface area contributed by atoms with Crippen LogP contribution in [0.5, 0.6) is 0 Å². The number of likely N-dealkylation sites (tertiary alicyclic amines) is 1. The van der Waals surface area contributed by atoms with Crippen LogP contribution < -0.4 is 16.4 Å². The molecule has 1 fully saturated rings. The zero-order chi connectivity index (χ0) is 26.1. The predicted molar refractivity (Wildman–Crippen MR) is 125 cm³/mol. The van der Waals surface area contributed by atoms with E-state index in [0.29, 0.717) is 22.6 Å². The summed E-state index contributed by atoms with van der Waals surface area (Å²) < 4.78 is 40.4. The molecule has 3 heterocycles. The summed E-state index contributed by atoms with van der Waals surface area (Å²) in [5, 5.41) is 5.53. The van der Waals surface area contributed by atoms with Crippen LogP contribution >= 0.6 is 11.3 Å². The molecule has 0 unspecified atom stereocenters. The maximum absolute atomic E-state index is 13.5. The first-order valence-corrected chi connectivity index (χ1v) is 11.7. The van der Waals surface area contributed by atoms with Gasteiger partial charge in [-0.05, 0) is 44.9 Å². The number of primary amides is 1. The van der Waals surface area contributed by atoms with Crippen LogP contribution in [0.25, 0.3) is 10.4 Å². The van der Waals surface area contributed by atoms with Crippen LogP contribution in [0, 0.1) is 12.8 Å². The first-order valence-electron chi connectivity index (χ1n) is 10.8. The maximum atomic E-state index is 13.5. The van der Waals surface area contributed by atoms with Crippen LogP contribution in [0.3, 0.4) is 0 Å². The number of anilines is 1. The third-order valence-corrected chi connectivity index (χ3v) is 7.19. The molecule has 0 radical (unpaired) electrons. The van der Waals surface area contributed by atoms with Gasteiger partial charge in [0.05, 0.1) is 16.3 Å². The molecule has 1 aliphatic heterocycles. The summed E-state index contributed by atoms with van der Waals surface area (Å²) >= 11 is 1.10. The number of amides is 4. The highest BCUT2D eigenvalue weighted by Crippen LogP contribution is 2.41. The van der Waals surface area contributed by atoms with Crippen molar-refractivity contribution >= 4 is 34.3 Å². The van der Waals surface area contributed by atoms with E-state index in [-0.39, 0.29) is 35.7 Å². The Balaban J connectivity index is 1.80. The van der Waals surface area contributed by atoms with Gasteiger partial charge in [-0.15, -0.1) is 0 Å². The maximum Gasteiger partial charge on any atom is 0.399 e. The normalized spacial score (nSPS) is 18.4. The van der Waals surface area contributed by atoms with Gasteiger partial charge in [0.1, 0.15) is 11.5 Å². The lowest BCUT2D eigenvalue weighted by atomic mass is 9.87. The van der Waals surface area contributed by atoms with Gasteiger partial charge in [0.25, 0.3) is 0 Å². The molecule has 1 saturated heterocycles. The number of urea groups is 1. The van der Waals surface area contributed by atoms with Crippen LogP contribution in [0.15, 0.2) is 18.3 Å². The van der Waals surface area contributed by atoms with Gasteiger partial charge < -0.3 is 16.0 Å². The number of pyridine rings is 1. The van der Waals surface area contributed by atoms with E-state index >= 15 is 0 Å². The number of alkyl halides is 3. The van der Waals surface area contributed by atoms with E-state index in [0.717, 1.165) is 25.2 Å². The number of aromatic nitrogens is 2. The van der Waals surface area contributed by atoms with E-state index in [1.807, 2.05) is 0 Å². The fourth-order valence-electron chi connectivity index (χ4n) is 3.90. The van der Waals surface area contributed by atoms with Gasteiger partial charge in [-0.3, -0.25) is 19.9 Å². The molecule has 0 spiro atoms. The van der Waals surface area contributed by atoms with E-state index in [1.54, 1.807) is 13.0 Å². The Morgan fingerprint density at radius 2 is 1.97 bits per heavy atom. The Kier molecular flexibility index (Phi) is 7.39. The number of carbonyl (C=O) groups is 3. The molecular weight excluding hydrogens is 485 g/mol. The number of nitrogens with two attached hydrogens (primary N) is 1. The topological polar surface area (TPSA) is 130 Å². The molecule has 0 aliphatic carbocycles. The molecule has 1 aliphatic rings. The second-order valence-corrected chi connectivity index (χ2v) is 9.94. The van der Waals surface area contributed by atoms with Gasteiger partial charge in [-0.2, -0.15) is 13.2 Å². The number of halogens is 3. The number of thiazole rings is 1. The number of hydrogen-bond acceptors (Lipinski definition) is 6. The van der Waals surface area contributed by atoms with Crippen molar-refractivity contribution in [1.29, 1.82) is 0 Å². The molecule has 0 saturated carbocycles. The monoisotopic (exact) mass is 512 g/mol. The van der Waals surface area contributed by atoms with Gasteiger partial charge in [-0.25, -0.2) is 9.78 Å². The Morgan fingerprint density at radius 1 is 1.29 bits per heavy atom. The van der Waals surface area contributed by atoms with Crippen LogP contribution in [0.1, 0.15) is 38.6 Å². The minimum atomic E-state index is -4.48. The molecule has 2 aromatic rings. The van der Waals surface area contributed by atoms with E-state index in [1.165, 1.54) is 24.1 Å². The van der Waals surface area contributed by atoms with Crippen LogP contribution in [-0.4, -0.2) is 58.0 Å². The first kappa shape index (κ1) is 26.4. The Morgan fingerprint density at radius 3 is 2.57 bits per heavy atom. The van der Waals surface area contributed by atoms with Crippen molar-refractivity contribution in [1.82, 2.24) is 20.2 Å². The minimum absolute atomic E-state index is 0.132. The molecule has 2 atom stereocenters. The fourth-order valence-corrected chi connectivity index (χ4v) is 4.85. The summed E-state index contributed by atoms with van der Waals surface area (Å²) in [5.74, 6) is -1.25. The van der Waals surface area contributed by atoms with Gasteiger partial charge >= 0.3 is 12.2 Å². The molecular formula is C22H27F3N6O3S. The number of aryl methyl sites for hydroxylation is 1. The van der Waals surface area contributed by atoms with Crippen molar-refractivity contribution in [2.24, 2.45) is 11.7 Å². The summed E-state index contributed by atoms with van der Waals surface area (Å²) in [6.07, 6.45) is -2.68. The molecule has 9 nitrogen and oxygen atoms in total. The number of hydrogen-bond donors (Lipinski definition) is 3. The van der Waals surface area contributed by atoms with E-state index in [9.17, 15) is 27.6 Å². The molecule has 4 amide bonds. The van der Waals surface area contributed by atoms with Crippen molar-refractivity contribution < 1.29 is 27.6 Å². The first-order chi connectivity index (χ1) is 16.2. The van der Waals surface area contributed by atoms with Crippen LogP contribution in [0.4, 0.5) is 23.1 Å². The van der Waals surface area contributed by atoms with Crippen molar-refractivity contribution in [3.05, 3.63) is 29.7 Å². The summed E-state index contributed by atoms with van der Waals surface area (Å²) in [5.41, 5.74) is 4.26. The second kappa shape index (κ2) is 9.80. The van der Waals surface area contributed by atoms with E-state index in [4.69, 9.17) is 5.73 Å². The van der Waals surface area contributed by atoms with Crippen LogP contribution in [-0.2, 0) is 15.0 Å². The molecule has 13 heteroatoms. The second-order valence-electron chi connectivity index (χ2n) is 8.94. The van der Waals surface area contributed by atoms with Crippen molar-refractivity contribution in [2.75, 3.05) is 18.4 Å². The highest BCUT2D eigenvalue weighted by molar-refractivity contribution is 7.19. The van der Waals surface area contributed by atoms with Crippen molar-refractivity contribution in [2.45, 2.75) is 51.7 Å². The Bertz CT molecular complexity index is 1130. The van der Waals surface area contributed by atoms with Crippen molar-refractivity contribution in [3.63, 3.8) is 0 Å². The SMILES string of the molecule is CC(=O)NC[C@@H]1CCN(C(=O)Nc2nc(C)c(-c3ccnc(C(C)(C)C(F)(F)F)c3)s2)[C@@H]1C(N)=O. The van der Waals surface area contributed by atoms with Gasteiger partial charge in [-0.1, -0.05) is 11.3 Å². The zero-order valence-corrected chi connectivity index (χ0v) is 20.5. The molecule has 4 N–H and O–H groups in total. The van der Waals surface area contributed by atoms with Crippen molar-refractivity contribution in [3.8, 4) is 10.4 Å². The lowest BCUT2D eigenvalue weighted by Crippen LogP contribution is -2.49. The predicted octanol–water partition coefficient (Wildman–Crippen LogP) is 3.20. The summed E-state index contributed by atoms with van der Waals surface area (Å²) in [4.78, 5) is 46.3. The number of rotatable bonds is 6. The van der Waals surface area contributed by atoms with Gasteiger partial charge in [0.2, 0.25) is 11.8 Å².